The van der Waals surface area contributed by atoms with Crippen LogP contribution in [0.4, 0.5) is 4.39 Å². The second-order valence-electron chi connectivity index (χ2n) is 4.98. The van der Waals surface area contributed by atoms with E-state index in [1.807, 2.05) is 0 Å². The van der Waals surface area contributed by atoms with Gasteiger partial charge in [0.05, 0.1) is 19.2 Å². The van der Waals surface area contributed by atoms with Crippen molar-refractivity contribution in [3.63, 3.8) is 0 Å². The monoisotopic (exact) mass is 343 g/mol. The molecule has 0 radical (unpaired) electrons. The normalized spacial score (nSPS) is 10.4. The van der Waals surface area contributed by atoms with Gasteiger partial charge in [-0.25, -0.2) is 9.37 Å². The summed E-state index contributed by atoms with van der Waals surface area (Å²) in [4.78, 5) is 16.3. The van der Waals surface area contributed by atoms with Crippen LogP contribution < -0.4 is 9.47 Å². The molecular weight excluding hydrogens is 329 g/mol. The van der Waals surface area contributed by atoms with Gasteiger partial charge in [0.2, 0.25) is 0 Å². The van der Waals surface area contributed by atoms with Crippen LogP contribution >= 0.6 is 11.3 Å². The molecule has 0 N–H and O–H groups in total. The van der Waals surface area contributed by atoms with Crippen LogP contribution in [0, 0.1) is 5.82 Å². The van der Waals surface area contributed by atoms with Crippen molar-refractivity contribution in [3.05, 3.63) is 65.4 Å². The SMILES string of the molecule is COc1ccc(OC(=O)Cc2csc(-c3cccc(F)c3)n2)cc1. The highest BCUT2D eigenvalue weighted by Gasteiger charge is 2.11. The van der Waals surface area contributed by atoms with E-state index in [2.05, 4.69) is 4.98 Å². The zero-order valence-corrected chi connectivity index (χ0v) is 13.7. The van der Waals surface area contributed by atoms with Crippen molar-refractivity contribution in [2.24, 2.45) is 0 Å². The Balaban J connectivity index is 1.64. The summed E-state index contributed by atoms with van der Waals surface area (Å²) in [5, 5.41) is 2.44. The van der Waals surface area contributed by atoms with Gasteiger partial charge in [-0.3, -0.25) is 4.79 Å². The molecule has 6 heteroatoms. The van der Waals surface area contributed by atoms with Crippen LogP contribution in [-0.2, 0) is 11.2 Å². The summed E-state index contributed by atoms with van der Waals surface area (Å²) in [7, 11) is 1.57. The minimum Gasteiger partial charge on any atom is -0.497 e. The molecule has 4 nitrogen and oxygen atoms in total. The van der Waals surface area contributed by atoms with Crippen molar-refractivity contribution in [1.82, 2.24) is 4.98 Å². The number of hydrogen-bond donors (Lipinski definition) is 0. The maximum absolute atomic E-state index is 13.3. The summed E-state index contributed by atoms with van der Waals surface area (Å²) in [6.45, 7) is 0. The molecule has 0 aliphatic heterocycles. The number of methoxy groups -OCH3 is 1. The van der Waals surface area contributed by atoms with Gasteiger partial charge < -0.3 is 9.47 Å². The third-order valence-electron chi connectivity index (χ3n) is 3.24. The highest BCUT2D eigenvalue weighted by atomic mass is 32.1. The van der Waals surface area contributed by atoms with Crippen molar-refractivity contribution in [2.45, 2.75) is 6.42 Å². The Morgan fingerprint density at radius 2 is 1.92 bits per heavy atom. The van der Waals surface area contributed by atoms with E-state index >= 15 is 0 Å². The molecule has 0 aliphatic carbocycles. The first-order valence-corrected chi connectivity index (χ1v) is 8.07. The highest BCUT2D eigenvalue weighted by molar-refractivity contribution is 7.13. The van der Waals surface area contributed by atoms with Crippen LogP contribution in [0.3, 0.4) is 0 Å². The van der Waals surface area contributed by atoms with E-state index in [1.165, 1.54) is 23.5 Å². The largest absolute Gasteiger partial charge is 0.497 e. The molecule has 0 amide bonds. The maximum atomic E-state index is 13.3. The van der Waals surface area contributed by atoms with Crippen LogP contribution in [0.25, 0.3) is 10.6 Å². The number of benzene rings is 2. The number of aromatic nitrogens is 1. The number of nitrogens with zero attached hydrogens (tertiary/aromatic N) is 1. The van der Waals surface area contributed by atoms with Crippen LogP contribution in [0.1, 0.15) is 5.69 Å². The summed E-state index contributed by atoms with van der Waals surface area (Å²) in [5.74, 6) is 0.412. The van der Waals surface area contributed by atoms with Crippen LogP contribution in [0.2, 0.25) is 0 Å². The van der Waals surface area contributed by atoms with Crippen LogP contribution in [0.15, 0.2) is 53.9 Å². The molecule has 0 fully saturated rings. The quantitative estimate of drug-likeness (QED) is 0.517. The second kappa shape index (κ2) is 7.23. The second-order valence-corrected chi connectivity index (χ2v) is 5.84. The molecule has 1 heterocycles. The Morgan fingerprint density at radius 3 is 2.62 bits per heavy atom. The lowest BCUT2D eigenvalue weighted by Crippen LogP contribution is -2.11. The van der Waals surface area contributed by atoms with Crippen molar-refractivity contribution < 1.29 is 18.7 Å². The standard InChI is InChI=1S/C18H14FNO3S/c1-22-15-5-7-16(8-6-15)23-17(21)10-14-11-24-18(20-14)12-3-2-4-13(19)9-12/h2-9,11H,10H2,1H3. The molecule has 3 aromatic rings. The first-order chi connectivity index (χ1) is 11.6. The molecule has 0 atom stereocenters. The van der Waals surface area contributed by atoms with E-state index in [9.17, 15) is 9.18 Å². The number of hydrogen-bond acceptors (Lipinski definition) is 5. The molecule has 0 saturated carbocycles. The average Bonchev–Trinajstić information content (AvgIpc) is 3.04. The summed E-state index contributed by atoms with van der Waals surface area (Å²) in [5.41, 5.74) is 1.28. The average molecular weight is 343 g/mol. The van der Waals surface area contributed by atoms with E-state index < -0.39 is 5.97 Å². The molecule has 0 saturated heterocycles. The fraction of sp³-hybridized carbons (Fsp3) is 0.111. The molecule has 0 aliphatic rings. The molecule has 2 aromatic carbocycles. The zero-order valence-electron chi connectivity index (χ0n) is 12.9. The minimum absolute atomic E-state index is 0.0534. The van der Waals surface area contributed by atoms with Gasteiger partial charge in [0.1, 0.15) is 22.3 Å². The Hall–Kier alpha value is -2.73. The van der Waals surface area contributed by atoms with E-state index in [4.69, 9.17) is 9.47 Å². The Bertz CT molecular complexity index is 845. The molecule has 3 rings (SSSR count). The first kappa shape index (κ1) is 16.1. The predicted octanol–water partition coefficient (Wildman–Crippen LogP) is 4.11. The molecule has 0 bridgehead atoms. The fourth-order valence-electron chi connectivity index (χ4n) is 2.10. The number of thiazole rings is 1. The molecule has 122 valence electrons. The van der Waals surface area contributed by atoms with Crippen LogP contribution in [0.5, 0.6) is 11.5 Å². The fourth-order valence-corrected chi connectivity index (χ4v) is 2.92. The van der Waals surface area contributed by atoms with Gasteiger partial charge in [-0.2, -0.15) is 0 Å². The van der Waals surface area contributed by atoms with Crippen molar-refractivity contribution in [3.8, 4) is 22.1 Å². The number of rotatable bonds is 5. The summed E-state index contributed by atoms with van der Waals surface area (Å²) in [6, 6.07) is 13.0. The lowest BCUT2D eigenvalue weighted by atomic mass is 10.2. The van der Waals surface area contributed by atoms with Crippen molar-refractivity contribution in [2.75, 3.05) is 7.11 Å². The van der Waals surface area contributed by atoms with Gasteiger partial charge in [0, 0.05) is 10.9 Å². The lowest BCUT2D eigenvalue weighted by molar-refractivity contribution is -0.133. The van der Waals surface area contributed by atoms with Gasteiger partial charge in [0.25, 0.3) is 0 Å². The first-order valence-electron chi connectivity index (χ1n) is 7.19. The molecule has 1 aromatic heterocycles. The van der Waals surface area contributed by atoms with E-state index in [-0.39, 0.29) is 12.2 Å². The molecular formula is C18H14FNO3S. The summed E-state index contributed by atoms with van der Waals surface area (Å²) < 4.78 is 23.6. The Kier molecular flexibility index (Phi) is 4.86. The highest BCUT2D eigenvalue weighted by Crippen LogP contribution is 2.25. The van der Waals surface area contributed by atoms with Gasteiger partial charge in [0.15, 0.2) is 0 Å². The number of ether oxygens (including phenoxy) is 2. The zero-order chi connectivity index (χ0) is 16.9. The predicted molar refractivity (Wildman–Crippen MR) is 89.8 cm³/mol. The van der Waals surface area contributed by atoms with Gasteiger partial charge >= 0.3 is 5.97 Å². The van der Waals surface area contributed by atoms with Gasteiger partial charge in [-0.15, -0.1) is 11.3 Å². The Morgan fingerprint density at radius 1 is 1.17 bits per heavy atom. The topological polar surface area (TPSA) is 48.4 Å². The summed E-state index contributed by atoms with van der Waals surface area (Å²) in [6.07, 6.45) is 0.0534. The molecule has 0 unspecified atom stereocenters. The van der Waals surface area contributed by atoms with Gasteiger partial charge in [-0.1, -0.05) is 12.1 Å². The minimum atomic E-state index is -0.406. The number of esters is 1. The smallest absolute Gasteiger partial charge is 0.317 e. The van der Waals surface area contributed by atoms with Crippen LogP contribution in [-0.4, -0.2) is 18.1 Å². The third-order valence-corrected chi connectivity index (χ3v) is 4.18. The van der Waals surface area contributed by atoms with Gasteiger partial charge in [-0.05, 0) is 36.4 Å². The maximum Gasteiger partial charge on any atom is 0.317 e. The Labute approximate surface area is 142 Å². The number of carbonyl (C=O) groups excluding carboxylic acids is 1. The van der Waals surface area contributed by atoms with E-state index in [0.717, 1.165) is 0 Å². The van der Waals surface area contributed by atoms with Crippen molar-refractivity contribution in [1.29, 1.82) is 0 Å². The van der Waals surface area contributed by atoms with Crippen molar-refractivity contribution >= 4 is 17.3 Å². The third kappa shape index (κ3) is 3.97. The lowest BCUT2D eigenvalue weighted by Gasteiger charge is -2.04. The number of carbonyl (C=O) groups is 1. The van der Waals surface area contributed by atoms with E-state index in [0.29, 0.717) is 27.8 Å². The van der Waals surface area contributed by atoms with E-state index in [1.54, 1.807) is 48.9 Å². The molecule has 24 heavy (non-hydrogen) atoms. The number of halogens is 1. The summed E-state index contributed by atoms with van der Waals surface area (Å²) >= 11 is 1.36. The molecule has 0 spiro atoms.